The van der Waals surface area contributed by atoms with E-state index >= 15 is 0 Å². The quantitative estimate of drug-likeness (QED) is 0.859. The highest BCUT2D eigenvalue weighted by Gasteiger charge is 2.17. The van der Waals surface area contributed by atoms with Crippen LogP contribution in [0, 0.1) is 0 Å². The van der Waals surface area contributed by atoms with Crippen molar-refractivity contribution in [2.45, 2.75) is 39.2 Å². The maximum absolute atomic E-state index is 5.49. The van der Waals surface area contributed by atoms with Gasteiger partial charge in [0.25, 0.3) is 0 Å². The molecule has 92 valence electrons. The van der Waals surface area contributed by atoms with Gasteiger partial charge >= 0.3 is 0 Å². The largest absolute Gasteiger partial charge is 0.330 e. The van der Waals surface area contributed by atoms with E-state index in [1.54, 1.807) is 11.3 Å². The van der Waals surface area contributed by atoms with Crippen LogP contribution in [0.15, 0.2) is 5.38 Å². The Morgan fingerprint density at radius 2 is 2.12 bits per heavy atom. The van der Waals surface area contributed by atoms with Crippen molar-refractivity contribution < 1.29 is 0 Å². The number of nitrogens with two attached hydrogens (primary N) is 1. The third-order valence-corrected chi connectivity index (χ3v) is 3.30. The molecule has 1 aromatic heterocycles. The lowest BCUT2D eigenvalue weighted by Gasteiger charge is -2.15. The Hall–Kier alpha value is -0.450. The fourth-order valence-corrected chi connectivity index (χ4v) is 2.50. The second kappa shape index (κ2) is 5.75. The van der Waals surface area contributed by atoms with Gasteiger partial charge in [0.1, 0.15) is 5.01 Å². The zero-order valence-corrected chi connectivity index (χ0v) is 11.6. The summed E-state index contributed by atoms with van der Waals surface area (Å²) in [4.78, 5) is 6.95. The first kappa shape index (κ1) is 13.6. The summed E-state index contributed by atoms with van der Waals surface area (Å²) in [5.74, 6) is 0. The van der Waals surface area contributed by atoms with E-state index in [4.69, 9.17) is 5.73 Å². The van der Waals surface area contributed by atoms with Crippen molar-refractivity contribution >= 4 is 11.3 Å². The Morgan fingerprint density at radius 3 is 2.62 bits per heavy atom. The Morgan fingerprint density at radius 1 is 1.44 bits per heavy atom. The van der Waals surface area contributed by atoms with Crippen molar-refractivity contribution in [1.82, 2.24) is 9.88 Å². The van der Waals surface area contributed by atoms with E-state index in [1.165, 1.54) is 10.7 Å². The van der Waals surface area contributed by atoms with Gasteiger partial charge < -0.3 is 5.73 Å². The number of hydrogen-bond acceptors (Lipinski definition) is 4. The summed E-state index contributed by atoms with van der Waals surface area (Å²) in [6.07, 6.45) is 1.05. The van der Waals surface area contributed by atoms with Crippen LogP contribution in [0.2, 0.25) is 0 Å². The number of nitrogens with zero attached hydrogens (tertiary/aromatic N) is 2. The van der Waals surface area contributed by atoms with Crippen LogP contribution < -0.4 is 5.73 Å². The van der Waals surface area contributed by atoms with Crippen molar-refractivity contribution in [1.29, 1.82) is 0 Å². The summed E-state index contributed by atoms with van der Waals surface area (Å²) < 4.78 is 0. The first-order valence-electron chi connectivity index (χ1n) is 5.77. The number of thiazole rings is 1. The predicted molar refractivity (Wildman–Crippen MR) is 70.8 cm³/mol. The van der Waals surface area contributed by atoms with E-state index in [1.807, 2.05) is 0 Å². The number of aromatic nitrogens is 1. The van der Waals surface area contributed by atoms with Gasteiger partial charge in [0.05, 0.1) is 12.2 Å². The molecule has 0 saturated heterocycles. The first-order valence-corrected chi connectivity index (χ1v) is 6.65. The third-order valence-electron chi connectivity index (χ3n) is 2.47. The minimum Gasteiger partial charge on any atom is -0.330 e. The minimum absolute atomic E-state index is 0.157. The highest BCUT2D eigenvalue weighted by molar-refractivity contribution is 7.09. The molecule has 0 amide bonds. The fourth-order valence-electron chi connectivity index (χ4n) is 1.40. The molecule has 1 rings (SSSR count). The molecule has 3 nitrogen and oxygen atoms in total. The molecule has 0 bridgehead atoms. The Balaban J connectivity index is 2.52. The van der Waals surface area contributed by atoms with Crippen molar-refractivity contribution in [2.75, 3.05) is 20.1 Å². The molecule has 0 fully saturated rings. The van der Waals surface area contributed by atoms with Gasteiger partial charge in [0, 0.05) is 10.8 Å². The van der Waals surface area contributed by atoms with Crippen LogP contribution in [0.5, 0.6) is 0 Å². The van der Waals surface area contributed by atoms with Gasteiger partial charge in [-0.25, -0.2) is 4.98 Å². The number of hydrogen-bond donors (Lipinski definition) is 1. The molecule has 2 N–H and O–H groups in total. The van der Waals surface area contributed by atoms with Gasteiger partial charge in [-0.05, 0) is 26.6 Å². The lowest BCUT2D eigenvalue weighted by Crippen LogP contribution is -2.21. The molecule has 16 heavy (non-hydrogen) atoms. The minimum atomic E-state index is 0.157. The molecule has 1 heterocycles. The van der Waals surface area contributed by atoms with Crippen molar-refractivity contribution in [3.8, 4) is 0 Å². The highest BCUT2D eigenvalue weighted by atomic mass is 32.1. The molecule has 4 heteroatoms. The van der Waals surface area contributed by atoms with E-state index in [0.717, 1.165) is 26.1 Å². The van der Waals surface area contributed by atoms with Crippen LogP contribution in [0.1, 0.15) is 37.9 Å². The Bertz CT molecular complexity index is 314. The zero-order valence-electron chi connectivity index (χ0n) is 10.8. The van der Waals surface area contributed by atoms with E-state index in [2.05, 4.69) is 43.1 Å². The summed E-state index contributed by atoms with van der Waals surface area (Å²) in [5, 5.41) is 3.37. The molecule has 0 atom stereocenters. The van der Waals surface area contributed by atoms with E-state index < -0.39 is 0 Å². The van der Waals surface area contributed by atoms with E-state index in [0.29, 0.717) is 0 Å². The van der Waals surface area contributed by atoms with E-state index in [-0.39, 0.29) is 5.41 Å². The molecular weight excluding hydrogens is 218 g/mol. The maximum atomic E-state index is 5.49. The van der Waals surface area contributed by atoms with Gasteiger partial charge in [-0.3, -0.25) is 4.90 Å². The Labute approximate surface area is 103 Å². The summed E-state index contributed by atoms with van der Waals surface area (Å²) in [5.41, 5.74) is 6.84. The third kappa shape index (κ3) is 4.20. The van der Waals surface area contributed by atoms with Crippen LogP contribution in [0.4, 0.5) is 0 Å². The second-order valence-electron chi connectivity index (χ2n) is 5.26. The zero-order chi connectivity index (χ0) is 12.2. The normalized spacial score (nSPS) is 12.4. The first-order chi connectivity index (χ1) is 7.43. The summed E-state index contributed by atoms with van der Waals surface area (Å²) in [7, 11) is 2.12. The fraction of sp³-hybridized carbons (Fsp3) is 0.750. The molecule has 0 aromatic carbocycles. The Kier molecular flexibility index (Phi) is 4.89. The molecule has 0 unspecified atom stereocenters. The topological polar surface area (TPSA) is 42.1 Å². The van der Waals surface area contributed by atoms with Gasteiger partial charge in [0.2, 0.25) is 0 Å². The lowest BCUT2D eigenvalue weighted by atomic mass is 9.93. The molecule has 0 aliphatic carbocycles. The van der Waals surface area contributed by atoms with Crippen LogP contribution in [0.3, 0.4) is 0 Å². The molecule has 0 aliphatic heterocycles. The van der Waals surface area contributed by atoms with Crippen LogP contribution in [-0.4, -0.2) is 30.0 Å². The maximum Gasteiger partial charge on any atom is 0.107 e. The molecule has 0 spiro atoms. The van der Waals surface area contributed by atoms with Crippen LogP contribution >= 0.6 is 11.3 Å². The standard InChI is InChI=1S/C12H23N3S/c1-12(2,3)10-9-16-11(14-10)8-15(4)7-5-6-13/h9H,5-8,13H2,1-4H3. The lowest BCUT2D eigenvalue weighted by molar-refractivity contribution is 0.323. The molecule has 1 aromatic rings. The van der Waals surface area contributed by atoms with Gasteiger partial charge in [0.15, 0.2) is 0 Å². The van der Waals surface area contributed by atoms with Crippen molar-refractivity contribution in [2.24, 2.45) is 5.73 Å². The summed E-state index contributed by atoms with van der Waals surface area (Å²) >= 11 is 1.75. The summed E-state index contributed by atoms with van der Waals surface area (Å²) in [6.45, 7) is 9.33. The smallest absolute Gasteiger partial charge is 0.107 e. The summed E-state index contributed by atoms with van der Waals surface area (Å²) in [6, 6.07) is 0. The SMILES string of the molecule is CN(CCCN)Cc1nc(C(C)(C)C)cs1. The molecule has 0 aliphatic rings. The second-order valence-corrected chi connectivity index (χ2v) is 6.20. The molecule has 0 saturated carbocycles. The van der Waals surface area contributed by atoms with Gasteiger partial charge in [-0.15, -0.1) is 11.3 Å². The molecular formula is C12H23N3S. The molecule has 0 radical (unpaired) electrons. The van der Waals surface area contributed by atoms with Crippen LogP contribution in [-0.2, 0) is 12.0 Å². The monoisotopic (exact) mass is 241 g/mol. The highest BCUT2D eigenvalue weighted by Crippen LogP contribution is 2.24. The van der Waals surface area contributed by atoms with E-state index in [9.17, 15) is 0 Å². The predicted octanol–water partition coefficient (Wildman–Crippen LogP) is 2.22. The van der Waals surface area contributed by atoms with Crippen molar-refractivity contribution in [3.63, 3.8) is 0 Å². The van der Waals surface area contributed by atoms with Gasteiger partial charge in [-0.2, -0.15) is 0 Å². The van der Waals surface area contributed by atoms with Crippen molar-refractivity contribution in [3.05, 3.63) is 16.1 Å². The van der Waals surface area contributed by atoms with Crippen LogP contribution in [0.25, 0.3) is 0 Å². The average Bonchev–Trinajstić information content (AvgIpc) is 2.62. The number of rotatable bonds is 5. The van der Waals surface area contributed by atoms with Gasteiger partial charge in [-0.1, -0.05) is 20.8 Å². The average molecular weight is 241 g/mol.